The molecule has 1 aromatic heterocycles. The number of nitrogens with one attached hydrogen (secondary N) is 1. The largest absolute Gasteiger partial charge is 0.308 e. The van der Waals surface area contributed by atoms with Crippen LogP contribution in [0.3, 0.4) is 0 Å². The van der Waals surface area contributed by atoms with E-state index in [-0.39, 0.29) is 6.04 Å². The minimum absolute atomic E-state index is 0.384. The first-order valence-electron chi connectivity index (χ1n) is 5.65. The van der Waals surface area contributed by atoms with Crippen LogP contribution in [0, 0.1) is 18.6 Å². The van der Waals surface area contributed by atoms with E-state index < -0.39 is 11.6 Å². The Balaban J connectivity index is 2.48. The fraction of sp³-hybridized carbons (Fsp3) is 0.308. The Morgan fingerprint density at radius 3 is 2.56 bits per heavy atom. The molecule has 5 heteroatoms. The lowest BCUT2D eigenvalue weighted by molar-refractivity contribution is 0.541. The Morgan fingerprint density at radius 1 is 1.28 bits per heavy atom. The third-order valence-electron chi connectivity index (χ3n) is 2.91. The number of nitrogens with zero attached hydrogens (tertiary/aromatic N) is 2. The molecule has 1 N–H and O–H groups in total. The molecule has 0 saturated carbocycles. The van der Waals surface area contributed by atoms with Gasteiger partial charge < -0.3 is 5.32 Å². The zero-order valence-electron chi connectivity index (χ0n) is 10.5. The summed E-state index contributed by atoms with van der Waals surface area (Å²) in [4.78, 5) is 0. The van der Waals surface area contributed by atoms with Gasteiger partial charge in [0, 0.05) is 24.9 Å². The maximum absolute atomic E-state index is 13.8. The van der Waals surface area contributed by atoms with Gasteiger partial charge in [0.1, 0.15) is 11.6 Å². The van der Waals surface area contributed by atoms with Crippen LogP contribution in [0.1, 0.15) is 22.9 Å². The number of benzene rings is 1. The van der Waals surface area contributed by atoms with Crippen LogP contribution in [0.4, 0.5) is 8.78 Å². The first-order valence-corrected chi connectivity index (χ1v) is 5.65. The van der Waals surface area contributed by atoms with Crippen LogP contribution in [0.25, 0.3) is 0 Å². The number of hydrogen-bond donors (Lipinski definition) is 1. The van der Waals surface area contributed by atoms with Gasteiger partial charge in [-0.05, 0) is 31.7 Å². The second kappa shape index (κ2) is 4.86. The molecule has 96 valence electrons. The second-order valence-electron chi connectivity index (χ2n) is 4.26. The van der Waals surface area contributed by atoms with Gasteiger partial charge in [0.15, 0.2) is 0 Å². The molecule has 0 aliphatic carbocycles. The Kier molecular flexibility index (Phi) is 3.43. The topological polar surface area (TPSA) is 29.9 Å². The van der Waals surface area contributed by atoms with Gasteiger partial charge in [-0.3, -0.25) is 4.68 Å². The molecule has 2 aromatic rings. The molecule has 1 heterocycles. The molecule has 0 spiro atoms. The van der Waals surface area contributed by atoms with E-state index in [1.54, 1.807) is 38.0 Å². The molecule has 0 radical (unpaired) electrons. The summed E-state index contributed by atoms with van der Waals surface area (Å²) in [5.41, 5.74) is 1.52. The van der Waals surface area contributed by atoms with Crippen LogP contribution >= 0.6 is 0 Å². The lowest BCUT2D eigenvalue weighted by atomic mass is 10.0. The lowest BCUT2D eigenvalue weighted by Gasteiger charge is -2.16. The Morgan fingerprint density at radius 2 is 2.00 bits per heavy atom. The summed E-state index contributed by atoms with van der Waals surface area (Å²) in [5.74, 6) is -1.10. The summed E-state index contributed by atoms with van der Waals surface area (Å²) < 4.78 is 28.7. The predicted molar refractivity (Wildman–Crippen MR) is 65.2 cm³/mol. The lowest BCUT2D eigenvalue weighted by Crippen LogP contribution is -2.20. The van der Waals surface area contributed by atoms with Crippen molar-refractivity contribution in [3.63, 3.8) is 0 Å². The van der Waals surface area contributed by atoms with Gasteiger partial charge in [0.25, 0.3) is 0 Å². The highest BCUT2D eigenvalue weighted by Gasteiger charge is 2.19. The molecule has 1 aromatic carbocycles. The van der Waals surface area contributed by atoms with Gasteiger partial charge in [-0.25, -0.2) is 8.78 Å². The molecule has 2 rings (SSSR count). The van der Waals surface area contributed by atoms with E-state index in [4.69, 9.17) is 0 Å². The minimum Gasteiger partial charge on any atom is -0.308 e. The van der Waals surface area contributed by atoms with Crippen molar-refractivity contribution in [2.75, 3.05) is 7.05 Å². The summed E-state index contributed by atoms with van der Waals surface area (Å²) in [6.45, 7) is 1.61. The monoisotopic (exact) mass is 251 g/mol. The molecule has 1 atom stereocenters. The third-order valence-corrected chi connectivity index (χ3v) is 2.91. The first kappa shape index (κ1) is 12.7. The number of aryl methyl sites for hydroxylation is 2. The van der Waals surface area contributed by atoms with E-state index in [0.717, 1.165) is 6.07 Å². The van der Waals surface area contributed by atoms with Crippen LogP contribution in [-0.2, 0) is 7.05 Å². The van der Waals surface area contributed by atoms with Gasteiger partial charge in [0.05, 0.1) is 11.7 Å². The van der Waals surface area contributed by atoms with E-state index in [1.807, 2.05) is 0 Å². The molecule has 1 unspecified atom stereocenters. The van der Waals surface area contributed by atoms with E-state index >= 15 is 0 Å². The Hall–Kier alpha value is -1.75. The molecule has 3 nitrogen and oxygen atoms in total. The summed E-state index contributed by atoms with van der Waals surface area (Å²) in [6.07, 6.45) is 1.79. The number of rotatable bonds is 3. The maximum atomic E-state index is 13.8. The third kappa shape index (κ3) is 2.26. The fourth-order valence-electron chi connectivity index (χ4n) is 1.95. The van der Waals surface area contributed by atoms with Crippen molar-refractivity contribution < 1.29 is 8.78 Å². The Bertz CT molecular complexity index is 563. The van der Waals surface area contributed by atoms with E-state index in [9.17, 15) is 8.78 Å². The molecule has 0 saturated heterocycles. The summed E-state index contributed by atoms with van der Waals surface area (Å²) in [5, 5.41) is 7.24. The molecule has 0 fully saturated rings. The summed E-state index contributed by atoms with van der Waals surface area (Å²) >= 11 is 0. The van der Waals surface area contributed by atoms with Crippen molar-refractivity contribution in [3.8, 4) is 0 Å². The molecule has 0 aliphatic heterocycles. The molecule has 0 amide bonds. The summed E-state index contributed by atoms with van der Waals surface area (Å²) in [6, 6.07) is 3.85. The highest BCUT2D eigenvalue weighted by molar-refractivity contribution is 5.32. The second-order valence-corrected chi connectivity index (χ2v) is 4.26. The number of aromatic nitrogens is 2. The maximum Gasteiger partial charge on any atom is 0.131 e. The SMILES string of the molecule is CNC(c1ccn(C)n1)c1cc(C)c(F)cc1F. The van der Waals surface area contributed by atoms with Crippen LogP contribution < -0.4 is 5.32 Å². The first-order chi connectivity index (χ1) is 8.52. The average molecular weight is 251 g/mol. The fourth-order valence-corrected chi connectivity index (χ4v) is 1.95. The molecular formula is C13H15F2N3. The summed E-state index contributed by atoms with van der Waals surface area (Å²) in [7, 11) is 3.51. The molecule has 0 bridgehead atoms. The van der Waals surface area contributed by atoms with Gasteiger partial charge in [-0.15, -0.1) is 0 Å². The standard InChI is InChI=1S/C13H15F2N3/c1-8-6-9(11(15)7-10(8)14)13(16-2)12-4-5-18(3)17-12/h4-7,13,16H,1-3H3. The number of halogens is 2. The van der Waals surface area contributed by atoms with Gasteiger partial charge in [0.2, 0.25) is 0 Å². The van der Waals surface area contributed by atoms with Crippen LogP contribution in [0.5, 0.6) is 0 Å². The average Bonchev–Trinajstić information content (AvgIpc) is 2.73. The van der Waals surface area contributed by atoms with E-state index in [0.29, 0.717) is 16.8 Å². The van der Waals surface area contributed by atoms with Crippen molar-refractivity contribution in [1.82, 2.24) is 15.1 Å². The number of hydrogen-bond acceptors (Lipinski definition) is 2. The zero-order valence-corrected chi connectivity index (χ0v) is 10.5. The van der Waals surface area contributed by atoms with Crippen molar-refractivity contribution in [2.24, 2.45) is 7.05 Å². The van der Waals surface area contributed by atoms with Crippen molar-refractivity contribution >= 4 is 0 Å². The molecular weight excluding hydrogens is 236 g/mol. The normalized spacial score (nSPS) is 12.7. The highest BCUT2D eigenvalue weighted by atomic mass is 19.1. The smallest absolute Gasteiger partial charge is 0.131 e. The highest BCUT2D eigenvalue weighted by Crippen LogP contribution is 2.25. The quantitative estimate of drug-likeness (QED) is 0.907. The molecule has 0 aliphatic rings. The van der Waals surface area contributed by atoms with Crippen LogP contribution in [0.2, 0.25) is 0 Å². The predicted octanol–water partition coefficient (Wildman–Crippen LogP) is 2.32. The zero-order chi connectivity index (χ0) is 13.3. The van der Waals surface area contributed by atoms with Crippen LogP contribution in [0.15, 0.2) is 24.4 Å². The van der Waals surface area contributed by atoms with Crippen molar-refractivity contribution in [1.29, 1.82) is 0 Å². The molecule has 18 heavy (non-hydrogen) atoms. The van der Waals surface area contributed by atoms with Gasteiger partial charge in [-0.1, -0.05) is 0 Å². The van der Waals surface area contributed by atoms with Crippen molar-refractivity contribution in [3.05, 3.63) is 52.9 Å². The van der Waals surface area contributed by atoms with Gasteiger partial charge in [-0.2, -0.15) is 5.10 Å². The van der Waals surface area contributed by atoms with Crippen LogP contribution in [-0.4, -0.2) is 16.8 Å². The Labute approximate surface area is 104 Å². The van der Waals surface area contributed by atoms with E-state index in [2.05, 4.69) is 10.4 Å². The van der Waals surface area contributed by atoms with Gasteiger partial charge >= 0.3 is 0 Å². The van der Waals surface area contributed by atoms with Crippen molar-refractivity contribution in [2.45, 2.75) is 13.0 Å². The minimum atomic E-state index is -0.567. The van der Waals surface area contributed by atoms with E-state index in [1.165, 1.54) is 6.07 Å².